The monoisotopic (exact) mass is 309 g/mol. The maximum atomic E-state index is 12.2. The topological polar surface area (TPSA) is 66.4 Å². The fourth-order valence-electron chi connectivity index (χ4n) is 1.33. The molecule has 0 spiro atoms. The minimum atomic E-state index is -5.73. The lowest BCUT2D eigenvalue weighted by Gasteiger charge is -2.22. The summed E-state index contributed by atoms with van der Waals surface area (Å²) in [5, 5.41) is 9.90. The largest absolute Gasteiger partial charge is 0.481 e. The predicted octanol–water partition coefficient (Wildman–Crippen LogP) is 2.34. The highest BCUT2D eigenvalue weighted by molar-refractivity contribution is 5.80. The molecule has 0 aliphatic heterocycles. The summed E-state index contributed by atoms with van der Waals surface area (Å²) in [5.74, 6) is -7.97. The SMILES string of the molecule is CC(CCC(=O)O)CNC(=O)C(C(F)(F)F)C(F)(F)F. The van der Waals surface area contributed by atoms with Crippen LogP contribution in [-0.2, 0) is 9.59 Å². The highest BCUT2D eigenvalue weighted by Gasteiger charge is 2.61. The molecule has 0 aliphatic rings. The molecular weight excluding hydrogens is 296 g/mol. The molecule has 0 heterocycles. The highest BCUT2D eigenvalue weighted by Crippen LogP contribution is 2.39. The second kappa shape index (κ2) is 6.80. The molecule has 2 N–H and O–H groups in total. The lowest BCUT2D eigenvalue weighted by atomic mass is 10.0. The van der Waals surface area contributed by atoms with Crippen LogP contribution in [0.1, 0.15) is 19.8 Å². The number of carbonyl (C=O) groups is 2. The molecule has 0 aromatic heterocycles. The molecule has 1 unspecified atom stereocenters. The number of amides is 1. The summed E-state index contributed by atoms with van der Waals surface area (Å²) in [6.45, 7) is 0.939. The van der Waals surface area contributed by atoms with Crippen LogP contribution in [0.2, 0.25) is 0 Å². The zero-order valence-corrected chi connectivity index (χ0v) is 10.3. The summed E-state index contributed by atoms with van der Waals surface area (Å²) in [5.41, 5.74) is 0. The fraction of sp³-hybridized carbons (Fsp3) is 0.800. The number of rotatable bonds is 6. The molecule has 0 fully saturated rings. The molecule has 0 aromatic carbocycles. The van der Waals surface area contributed by atoms with E-state index in [2.05, 4.69) is 0 Å². The molecule has 0 saturated heterocycles. The zero-order valence-electron chi connectivity index (χ0n) is 10.3. The number of carboxylic acids is 1. The lowest BCUT2D eigenvalue weighted by Crippen LogP contribution is -2.48. The van der Waals surface area contributed by atoms with Gasteiger partial charge in [-0.15, -0.1) is 0 Å². The fourth-order valence-corrected chi connectivity index (χ4v) is 1.33. The van der Waals surface area contributed by atoms with E-state index in [0.717, 1.165) is 0 Å². The number of aliphatic carboxylic acids is 1. The standard InChI is InChI=1S/C10H13F6NO3/c1-5(2-3-6(18)19)4-17-8(20)7(9(11,12)13)10(14,15)16/h5,7H,2-4H2,1H3,(H,17,20)(H,18,19). The number of alkyl halides is 6. The molecule has 4 nitrogen and oxygen atoms in total. The van der Waals surface area contributed by atoms with Crippen molar-refractivity contribution >= 4 is 11.9 Å². The van der Waals surface area contributed by atoms with Gasteiger partial charge in [0.25, 0.3) is 0 Å². The first-order valence-corrected chi connectivity index (χ1v) is 5.48. The Bertz CT molecular complexity index is 338. The van der Waals surface area contributed by atoms with Crippen molar-refractivity contribution in [2.45, 2.75) is 32.1 Å². The van der Waals surface area contributed by atoms with Gasteiger partial charge in [-0.3, -0.25) is 9.59 Å². The van der Waals surface area contributed by atoms with Gasteiger partial charge in [-0.2, -0.15) is 26.3 Å². The zero-order chi connectivity index (χ0) is 16.1. The molecule has 0 aliphatic carbocycles. The van der Waals surface area contributed by atoms with Gasteiger partial charge in [0.15, 0.2) is 0 Å². The van der Waals surface area contributed by atoms with Crippen molar-refractivity contribution in [3.05, 3.63) is 0 Å². The smallest absolute Gasteiger partial charge is 0.409 e. The highest BCUT2D eigenvalue weighted by atomic mass is 19.4. The van der Waals surface area contributed by atoms with Crippen molar-refractivity contribution in [2.24, 2.45) is 11.8 Å². The van der Waals surface area contributed by atoms with Crippen molar-refractivity contribution < 1.29 is 41.0 Å². The number of nitrogens with one attached hydrogen (secondary N) is 1. The van der Waals surface area contributed by atoms with E-state index in [1.165, 1.54) is 6.92 Å². The third kappa shape index (κ3) is 6.62. The van der Waals surface area contributed by atoms with Crippen LogP contribution in [0.15, 0.2) is 0 Å². The summed E-state index contributed by atoms with van der Waals surface area (Å²) < 4.78 is 73.1. The molecule has 0 rings (SSSR count). The minimum Gasteiger partial charge on any atom is -0.481 e. The second-order valence-corrected chi connectivity index (χ2v) is 4.30. The summed E-state index contributed by atoms with van der Waals surface area (Å²) in [4.78, 5) is 21.2. The van der Waals surface area contributed by atoms with Crippen LogP contribution >= 0.6 is 0 Å². The third-order valence-corrected chi connectivity index (χ3v) is 2.39. The molecule has 20 heavy (non-hydrogen) atoms. The van der Waals surface area contributed by atoms with Crippen LogP contribution in [0.3, 0.4) is 0 Å². The van der Waals surface area contributed by atoms with Crippen LogP contribution in [0.5, 0.6) is 0 Å². The average molecular weight is 309 g/mol. The van der Waals surface area contributed by atoms with Crippen LogP contribution in [0.25, 0.3) is 0 Å². The number of carboxylic acid groups (broad SMARTS) is 1. The Labute approximate surface area is 110 Å². The van der Waals surface area contributed by atoms with Gasteiger partial charge >= 0.3 is 18.3 Å². The van der Waals surface area contributed by atoms with Crippen LogP contribution in [-0.4, -0.2) is 35.9 Å². The Morgan fingerprint density at radius 3 is 1.90 bits per heavy atom. The first-order chi connectivity index (χ1) is 8.85. The van der Waals surface area contributed by atoms with Crippen molar-refractivity contribution in [1.29, 1.82) is 0 Å². The molecule has 118 valence electrons. The van der Waals surface area contributed by atoms with Gasteiger partial charge in [-0.25, -0.2) is 0 Å². The van der Waals surface area contributed by atoms with Crippen molar-refractivity contribution in [3.8, 4) is 0 Å². The number of hydrogen-bond acceptors (Lipinski definition) is 2. The summed E-state index contributed by atoms with van der Waals surface area (Å²) in [7, 11) is 0. The third-order valence-electron chi connectivity index (χ3n) is 2.39. The van der Waals surface area contributed by atoms with E-state index < -0.39 is 42.6 Å². The van der Waals surface area contributed by atoms with Gasteiger partial charge < -0.3 is 10.4 Å². The number of carbonyl (C=O) groups excluding carboxylic acids is 1. The molecule has 0 saturated carbocycles. The van der Waals surface area contributed by atoms with Gasteiger partial charge in [-0.05, 0) is 12.3 Å². The van der Waals surface area contributed by atoms with E-state index in [-0.39, 0.29) is 12.8 Å². The molecule has 10 heteroatoms. The molecule has 0 bridgehead atoms. The van der Waals surface area contributed by atoms with E-state index in [1.54, 1.807) is 5.32 Å². The van der Waals surface area contributed by atoms with Crippen molar-refractivity contribution in [1.82, 2.24) is 5.32 Å². The van der Waals surface area contributed by atoms with Crippen molar-refractivity contribution in [2.75, 3.05) is 6.54 Å². The second-order valence-electron chi connectivity index (χ2n) is 4.30. The molecule has 0 aromatic rings. The molecular formula is C10H13F6NO3. The normalized spacial score (nSPS) is 14.2. The molecule has 1 amide bonds. The Hall–Kier alpha value is -1.48. The Balaban J connectivity index is 4.53. The molecule has 0 radical (unpaired) electrons. The maximum Gasteiger partial charge on any atom is 0.409 e. The van der Waals surface area contributed by atoms with E-state index in [9.17, 15) is 35.9 Å². The van der Waals surface area contributed by atoms with Gasteiger partial charge in [-0.1, -0.05) is 6.92 Å². The van der Waals surface area contributed by atoms with Gasteiger partial charge in [0.05, 0.1) is 0 Å². The summed E-state index contributed by atoms with van der Waals surface area (Å²) >= 11 is 0. The first-order valence-electron chi connectivity index (χ1n) is 5.48. The average Bonchev–Trinajstić information content (AvgIpc) is 2.19. The number of hydrogen-bond donors (Lipinski definition) is 2. The van der Waals surface area contributed by atoms with Crippen LogP contribution in [0.4, 0.5) is 26.3 Å². The van der Waals surface area contributed by atoms with E-state index >= 15 is 0 Å². The van der Waals surface area contributed by atoms with Crippen LogP contribution < -0.4 is 5.32 Å². The minimum absolute atomic E-state index is 0.0261. The Morgan fingerprint density at radius 2 is 1.55 bits per heavy atom. The predicted molar refractivity (Wildman–Crippen MR) is 54.6 cm³/mol. The van der Waals surface area contributed by atoms with Crippen LogP contribution in [0, 0.1) is 11.8 Å². The first kappa shape index (κ1) is 18.5. The van der Waals surface area contributed by atoms with E-state index in [4.69, 9.17) is 5.11 Å². The quantitative estimate of drug-likeness (QED) is 0.740. The van der Waals surface area contributed by atoms with Gasteiger partial charge in [0, 0.05) is 13.0 Å². The van der Waals surface area contributed by atoms with Gasteiger partial charge in [0.2, 0.25) is 11.8 Å². The maximum absolute atomic E-state index is 12.2. The van der Waals surface area contributed by atoms with Crippen molar-refractivity contribution in [3.63, 3.8) is 0 Å². The summed E-state index contributed by atoms with van der Waals surface area (Å²) in [6, 6.07) is 0. The van der Waals surface area contributed by atoms with Gasteiger partial charge in [0.1, 0.15) is 0 Å². The molecule has 1 atom stereocenters. The number of halogens is 6. The lowest BCUT2D eigenvalue weighted by molar-refractivity contribution is -0.274. The Morgan fingerprint density at radius 1 is 1.10 bits per heavy atom. The summed E-state index contributed by atoms with van der Waals surface area (Å²) in [6.07, 6.45) is -11.7. The van der Waals surface area contributed by atoms with E-state index in [0.29, 0.717) is 0 Å². The van der Waals surface area contributed by atoms with E-state index in [1.807, 2.05) is 0 Å². The Kier molecular flexibility index (Phi) is 6.30.